The van der Waals surface area contributed by atoms with Crippen LogP contribution in [0.2, 0.25) is 0 Å². The Morgan fingerprint density at radius 3 is 2.62 bits per heavy atom. The molecule has 6 rings (SSSR count). The normalized spacial score (nSPS) is 11.8. The van der Waals surface area contributed by atoms with E-state index in [2.05, 4.69) is 22.3 Å². The molecule has 0 bridgehead atoms. The zero-order valence-corrected chi connectivity index (χ0v) is 19.0. The molecule has 4 aromatic heterocycles. The van der Waals surface area contributed by atoms with E-state index in [0.29, 0.717) is 12.1 Å². The number of thiazole rings is 1. The van der Waals surface area contributed by atoms with Crippen molar-refractivity contribution < 1.29 is 0 Å². The van der Waals surface area contributed by atoms with E-state index in [9.17, 15) is 4.79 Å². The summed E-state index contributed by atoms with van der Waals surface area (Å²) in [6.45, 7) is 0.388. The minimum absolute atomic E-state index is 0.117. The Bertz CT molecular complexity index is 1680. The monoisotopic (exact) mass is 458 g/mol. The van der Waals surface area contributed by atoms with Crippen molar-refractivity contribution >= 4 is 55.3 Å². The van der Waals surface area contributed by atoms with Crippen LogP contribution in [0.25, 0.3) is 32.2 Å². The second-order valence-electron chi connectivity index (χ2n) is 7.59. The zero-order chi connectivity index (χ0) is 21.8. The number of hydrogen-bond acceptors (Lipinski definition) is 6. The van der Waals surface area contributed by atoms with Crippen molar-refractivity contribution in [2.75, 3.05) is 0 Å². The SMILES string of the molecule is Cn1ncc2c(Cn3ncc4c5sc(Sc6ccccc6)nc5n(C)c4c3=O)cccc21. The molecule has 0 aliphatic carbocycles. The third-order valence-corrected chi connectivity index (χ3v) is 7.80. The number of aryl methyl sites for hydroxylation is 2. The summed E-state index contributed by atoms with van der Waals surface area (Å²) in [5.41, 5.74) is 3.37. The topological polar surface area (TPSA) is 70.5 Å². The van der Waals surface area contributed by atoms with Crippen molar-refractivity contribution in [3.8, 4) is 0 Å². The van der Waals surface area contributed by atoms with E-state index >= 15 is 0 Å². The highest BCUT2D eigenvalue weighted by molar-refractivity contribution is 8.01. The lowest BCUT2D eigenvalue weighted by Gasteiger charge is -2.07. The van der Waals surface area contributed by atoms with Crippen LogP contribution in [0.15, 0.2) is 75.0 Å². The molecular formula is C23H18N6OS2. The van der Waals surface area contributed by atoms with Gasteiger partial charge in [0.1, 0.15) is 5.52 Å². The van der Waals surface area contributed by atoms with E-state index in [-0.39, 0.29) is 5.56 Å². The number of hydrogen-bond donors (Lipinski definition) is 0. The van der Waals surface area contributed by atoms with Gasteiger partial charge in [-0.2, -0.15) is 10.2 Å². The third-order valence-electron chi connectivity index (χ3n) is 5.66. The minimum atomic E-state index is -0.117. The maximum atomic E-state index is 13.4. The zero-order valence-electron chi connectivity index (χ0n) is 17.4. The molecule has 0 atom stereocenters. The van der Waals surface area contributed by atoms with Crippen molar-refractivity contribution in [1.29, 1.82) is 0 Å². The smallest absolute Gasteiger partial charge is 0.291 e. The van der Waals surface area contributed by atoms with Gasteiger partial charge in [0.15, 0.2) is 9.99 Å². The van der Waals surface area contributed by atoms with Gasteiger partial charge in [-0.15, -0.1) is 11.3 Å². The number of benzene rings is 2. The molecule has 0 unspecified atom stereocenters. The molecule has 0 amide bonds. The largest absolute Gasteiger partial charge is 0.323 e. The summed E-state index contributed by atoms with van der Waals surface area (Å²) in [7, 11) is 3.81. The van der Waals surface area contributed by atoms with E-state index in [1.807, 2.05) is 65.9 Å². The minimum Gasteiger partial charge on any atom is -0.323 e. The molecule has 0 fully saturated rings. The Balaban J connectivity index is 1.43. The van der Waals surface area contributed by atoms with E-state index < -0.39 is 0 Å². The van der Waals surface area contributed by atoms with Gasteiger partial charge in [0.2, 0.25) is 0 Å². The molecule has 0 aliphatic heterocycles. The standard InChI is InChI=1S/C23H18N6OS2/c1-27-19-17(20-21(27)26-23(32-20)31-15-8-4-3-5-9-15)12-25-29(22(19)30)13-14-7-6-10-18-16(14)11-24-28(18)2/h3-12H,13H2,1-2H3. The summed E-state index contributed by atoms with van der Waals surface area (Å²) >= 11 is 3.23. The quantitative estimate of drug-likeness (QED) is 0.391. The van der Waals surface area contributed by atoms with Crippen LogP contribution >= 0.6 is 23.1 Å². The summed E-state index contributed by atoms with van der Waals surface area (Å²) in [6, 6.07) is 16.2. The molecule has 0 radical (unpaired) electrons. The summed E-state index contributed by atoms with van der Waals surface area (Å²) in [6.07, 6.45) is 3.63. The Morgan fingerprint density at radius 2 is 1.78 bits per heavy atom. The number of aromatic nitrogens is 6. The molecule has 9 heteroatoms. The number of rotatable bonds is 4. The lowest BCUT2D eigenvalue weighted by molar-refractivity contribution is 0.647. The van der Waals surface area contributed by atoms with Crippen LogP contribution in [0, 0.1) is 0 Å². The fourth-order valence-corrected chi connectivity index (χ4v) is 6.22. The van der Waals surface area contributed by atoms with Crippen molar-refractivity contribution in [2.45, 2.75) is 15.8 Å². The second kappa shape index (κ2) is 7.32. The molecule has 7 nitrogen and oxygen atoms in total. The first-order valence-electron chi connectivity index (χ1n) is 10.1. The molecule has 2 aromatic carbocycles. The van der Waals surface area contributed by atoms with E-state index in [1.165, 1.54) is 4.68 Å². The molecule has 0 aliphatic rings. The Hall–Kier alpha value is -3.43. The molecule has 0 N–H and O–H groups in total. The van der Waals surface area contributed by atoms with Crippen molar-refractivity contribution in [2.24, 2.45) is 14.1 Å². The maximum absolute atomic E-state index is 13.4. The van der Waals surface area contributed by atoms with E-state index in [0.717, 1.165) is 41.4 Å². The molecule has 158 valence electrons. The predicted octanol–water partition coefficient (Wildman–Crippen LogP) is 4.43. The fraction of sp³-hybridized carbons (Fsp3) is 0.130. The fourth-order valence-electron chi connectivity index (χ4n) is 4.05. The molecule has 0 saturated carbocycles. The van der Waals surface area contributed by atoms with Gasteiger partial charge in [-0.25, -0.2) is 9.67 Å². The van der Waals surface area contributed by atoms with Gasteiger partial charge in [0.25, 0.3) is 5.56 Å². The van der Waals surface area contributed by atoms with Crippen LogP contribution in [0.4, 0.5) is 0 Å². The van der Waals surface area contributed by atoms with Gasteiger partial charge in [0, 0.05) is 29.8 Å². The van der Waals surface area contributed by atoms with E-state index in [4.69, 9.17) is 4.98 Å². The van der Waals surface area contributed by atoms with Crippen molar-refractivity contribution in [3.05, 3.63) is 76.8 Å². The Morgan fingerprint density at radius 1 is 0.969 bits per heavy atom. The van der Waals surface area contributed by atoms with Crippen LogP contribution < -0.4 is 5.56 Å². The molecule has 6 aromatic rings. The summed E-state index contributed by atoms with van der Waals surface area (Å²) in [5, 5.41) is 10.7. The highest BCUT2D eigenvalue weighted by Crippen LogP contribution is 2.37. The van der Waals surface area contributed by atoms with Gasteiger partial charge in [-0.3, -0.25) is 9.48 Å². The van der Waals surface area contributed by atoms with Gasteiger partial charge >= 0.3 is 0 Å². The van der Waals surface area contributed by atoms with Crippen LogP contribution in [0.1, 0.15) is 5.56 Å². The first-order valence-corrected chi connectivity index (χ1v) is 11.7. The average Bonchev–Trinajstić information content (AvgIpc) is 3.46. The summed E-state index contributed by atoms with van der Waals surface area (Å²) in [5.74, 6) is 0. The Labute approximate surface area is 190 Å². The molecule has 32 heavy (non-hydrogen) atoms. The van der Waals surface area contributed by atoms with Gasteiger partial charge in [-0.05, 0) is 23.8 Å². The van der Waals surface area contributed by atoms with Gasteiger partial charge in [-0.1, -0.05) is 42.1 Å². The summed E-state index contributed by atoms with van der Waals surface area (Å²) in [4.78, 5) is 19.3. The van der Waals surface area contributed by atoms with Crippen molar-refractivity contribution in [1.82, 2.24) is 29.1 Å². The van der Waals surface area contributed by atoms with Gasteiger partial charge < -0.3 is 4.57 Å². The number of fused-ring (bicyclic) bond motifs is 4. The first-order chi connectivity index (χ1) is 15.6. The predicted molar refractivity (Wildman–Crippen MR) is 129 cm³/mol. The summed E-state index contributed by atoms with van der Waals surface area (Å²) < 4.78 is 7.19. The maximum Gasteiger partial charge on any atom is 0.291 e. The highest BCUT2D eigenvalue weighted by atomic mass is 32.2. The van der Waals surface area contributed by atoms with Crippen molar-refractivity contribution in [3.63, 3.8) is 0 Å². The second-order valence-corrected chi connectivity index (χ2v) is 9.91. The van der Waals surface area contributed by atoms with Crippen LogP contribution in [0.5, 0.6) is 0 Å². The molecular weight excluding hydrogens is 440 g/mol. The highest BCUT2D eigenvalue weighted by Gasteiger charge is 2.19. The average molecular weight is 459 g/mol. The Kier molecular flexibility index (Phi) is 4.41. The van der Waals surface area contributed by atoms with Crippen LogP contribution in [-0.4, -0.2) is 29.1 Å². The lowest BCUT2D eigenvalue weighted by atomic mass is 10.1. The molecule has 0 spiro atoms. The van der Waals surface area contributed by atoms with Crippen LogP contribution in [0.3, 0.4) is 0 Å². The lowest BCUT2D eigenvalue weighted by Crippen LogP contribution is -2.24. The molecule has 4 heterocycles. The van der Waals surface area contributed by atoms with Crippen LogP contribution in [-0.2, 0) is 20.6 Å². The number of nitrogens with zero attached hydrogens (tertiary/aromatic N) is 6. The third kappa shape index (κ3) is 2.96. The first kappa shape index (κ1) is 19.3. The van der Waals surface area contributed by atoms with Gasteiger partial charge in [0.05, 0.1) is 29.2 Å². The van der Waals surface area contributed by atoms with E-state index in [1.54, 1.807) is 29.3 Å². The molecule has 0 saturated heterocycles.